The van der Waals surface area contributed by atoms with Gasteiger partial charge in [-0.15, -0.1) is 0 Å². The zero-order valence-electron chi connectivity index (χ0n) is 5.92. The lowest BCUT2D eigenvalue weighted by Gasteiger charge is -2.47. The Balaban J connectivity index is 1.85. The maximum atomic E-state index is 10.1. The van der Waals surface area contributed by atoms with Crippen LogP contribution in [0.4, 0.5) is 0 Å². The normalized spacial score (nSPS) is 38.8. The predicted octanol–water partition coefficient (Wildman–Crippen LogP) is -0.769. The van der Waals surface area contributed by atoms with Crippen LogP contribution < -0.4 is 5.32 Å². The molecule has 0 amide bonds. The topological polar surface area (TPSA) is 32.3 Å². The molecular formula is C7H12N2O. The molecule has 1 N–H and O–H groups in total. The number of nitrogens with zero attached hydrogens (tertiary/aromatic N) is 1. The SMILES string of the molecule is O=CCN1CC2CC(C1)N2. The molecule has 0 radical (unpaired) electrons. The van der Waals surface area contributed by atoms with Crippen molar-refractivity contribution < 1.29 is 4.79 Å². The number of hydrogen-bond donors (Lipinski definition) is 1. The molecule has 10 heavy (non-hydrogen) atoms. The first-order valence-corrected chi connectivity index (χ1v) is 3.80. The van der Waals surface area contributed by atoms with Gasteiger partial charge in [0, 0.05) is 25.2 Å². The van der Waals surface area contributed by atoms with Crippen molar-refractivity contribution in [3.8, 4) is 0 Å². The fourth-order valence-corrected chi connectivity index (χ4v) is 1.86. The third-order valence-corrected chi connectivity index (χ3v) is 2.33. The van der Waals surface area contributed by atoms with E-state index in [9.17, 15) is 4.79 Å². The molecule has 3 aliphatic heterocycles. The summed E-state index contributed by atoms with van der Waals surface area (Å²) in [5.41, 5.74) is 0. The van der Waals surface area contributed by atoms with E-state index in [1.54, 1.807) is 0 Å². The van der Waals surface area contributed by atoms with Crippen LogP contribution in [0.25, 0.3) is 0 Å². The highest BCUT2D eigenvalue weighted by Gasteiger charge is 2.35. The van der Waals surface area contributed by atoms with Gasteiger partial charge in [0.1, 0.15) is 6.29 Å². The summed E-state index contributed by atoms with van der Waals surface area (Å²) in [6.45, 7) is 2.75. The number of carbonyl (C=O) groups excluding carboxylic acids is 1. The highest BCUT2D eigenvalue weighted by Crippen LogP contribution is 2.19. The summed E-state index contributed by atoms with van der Waals surface area (Å²) in [5, 5.41) is 3.41. The lowest BCUT2D eigenvalue weighted by molar-refractivity contribution is -0.109. The zero-order valence-corrected chi connectivity index (χ0v) is 5.92. The Morgan fingerprint density at radius 1 is 1.50 bits per heavy atom. The number of piperidine rings is 1. The number of carbonyl (C=O) groups is 1. The summed E-state index contributed by atoms with van der Waals surface area (Å²) in [7, 11) is 0. The average Bonchev–Trinajstić information content (AvgIpc) is 1.87. The second-order valence-corrected chi connectivity index (χ2v) is 3.18. The Labute approximate surface area is 60.4 Å². The van der Waals surface area contributed by atoms with Crippen LogP contribution in [0, 0.1) is 0 Å². The van der Waals surface area contributed by atoms with Crippen LogP contribution in [0.1, 0.15) is 6.42 Å². The molecule has 0 aromatic carbocycles. The number of piperazine rings is 1. The van der Waals surface area contributed by atoms with E-state index in [4.69, 9.17) is 0 Å². The summed E-state index contributed by atoms with van der Waals surface area (Å²) in [6.07, 6.45) is 2.31. The molecule has 3 heterocycles. The fraction of sp³-hybridized carbons (Fsp3) is 0.857. The van der Waals surface area contributed by atoms with Gasteiger partial charge in [-0.2, -0.15) is 0 Å². The van der Waals surface area contributed by atoms with Gasteiger partial charge in [0.05, 0.1) is 6.54 Å². The first-order valence-electron chi connectivity index (χ1n) is 3.80. The van der Waals surface area contributed by atoms with Crippen molar-refractivity contribution in [2.45, 2.75) is 18.5 Å². The lowest BCUT2D eigenvalue weighted by atomic mass is 9.91. The minimum Gasteiger partial charge on any atom is -0.309 e. The molecule has 0 spiro atoms. The number of aldehydes is 1. The maximum absolute atomic E-state index is 10.1. The fourth-order valence-electron chi connectivity index (χ4n) is 1.86. The van der Waals surface area contributed by atoms with Gasteiger partial charge in [-0.3, -0.25) is 4.90 Å². The smallest absolute Gasteiger partial charge is 0.133 e. The standard InChI is InChI=1S/C7H12N2O/c10-2-1-9-4-6-3-7(5-9)8-6/h2,6-8H,1,3-5H2. The third-order valence-electron chi connectivity index (χ3n) is 2.33. The van der Waals surface area contributed by atoms with E-state index >= 15 is 0 Å². The second-order valence-electron chi connectivity index (χ2n) is 3.18. The van der Waals surface area contributed by atoms with Crippen LogP contribution in [0.2, 0.25) is 0 Å². The zero-order chi connectivity index (χ0) is 6.97. The molecular weight excluding hydrogens is 128 g/mol. The van der Waals surface area contributed by atoms with Gasteiger partial charge in [-0.1, -0.05) is 0 Å². The third kappa shape index (κ3) is 0.954. The van der Waals surface area contributed by atoms with Crippen molar-refractivity contribution in [1.82, 2.24) is 10.2 Å². The van der Waals surface area contributed by atoms with Crippen LogP contribution >= 0.6 is 0 Å². The molecule has 2 atom stereocenters. The minimum absolute atomic E-state index is 0.620. The van der Waals surface area contributed by atoms with E-state index in [1.165, 1.54) is 6.42 Å². The Morgan fingerprint density at radius 3 is 2.60 bits per heavy atom. The lowest BCUT2D eigenvalue weighted by Crippen LogP contribution is -2.66. The summed E-state index contributed by atoms with van der Waals surface area (Å²) in [5.74, 6) is 0. The van der Waals surface area contributed by atoms with E-state index in [0.29, 0.717) is 18.6 Å². The highest BCUT2D eigenvalue weighted by atomic mass is 16.1. The molecule has 0 aromatic heterocycles. The monoisotopic (exact) mass is 140 g/mol. The van der Waals surface area contributed by atoms with Gasteiger partial charge in [0.2, 0.25) is 0 Å². The number of rotatable bonds is 2. The average molecular weight is 140 g/mol. The Morgan fingerprint density at radius 2 is 2.10 bits per heavy atom. The Bertz CT molecular complexity index is 133. The first-order chi connectivity index (χ1) is 4.88. The minimum atomic E-state index is 0.620. The van der Waals surface area contributed by atoms with E-state index in [-0.39, 0.29) is 0 Å². The molecule has 0 aliphatic carbocycles. The largest absolute Gasteiger partial charge is 0.309 e. The van der Waals surface area contributed by atoms with Crippen molar-refractivity contribution in [3.63, 3.8) is 0 Å². The van der Waals surface area contributed by atoms with Crippen molar-refractivity contribution in [2.75, 3.05) is 19.6 Å². The molecule has 2 unspecified atom stereocenters. The molecule has 0 aromatic rings. The molecule has 2 bridgehead atoms. The van der Waals surface area contributed by atoms with Crippen LogP contribution in [-0.4, -0.2) is 42.9 Å². The van der Waals surface area contributed by atoms with Crippen LogP contribution in [0.5, 0.6) is 0 Å². The Hall–Kier alpha value is -0.410. The van der Waals surface area contributed by atoms with E-state index in [0.717, 1.165) is 19.4 Å². The number of nitrogens with one attached hydrogen (secondary N) is 1. The Kier molecular flexibility index (Phi) is 1.47. The number of hydrogen-bond acceptors (Lipinski definition) is 3. The molecule has 3 heteroatoms. The van der Waals surface area contributed by atoms with E-state index < -0.39 is 0 Å². The molecule has 3 aliphatic rings. The van der Waals surface area contributed by atoms with Gasteiger partial charge in [0.15, 0.2) is 0 Å². The molecule has 3 nitrogen and oxygen atoms in total. The second kappa shape index (κ2) is 2.32. The quantitative estimate of drug-likeness (QED) is 0.511. The van der Waals surface area contributed by atoms with Crippen LogP contribution in [0.3, 0.4) is 0 Å². The first kappa shape index (κ1) is 6.31. The summed E-state index contributed by atoms with van der Waals surface area (Å²) >= 11 is 0. The maximum Gasteiger partial charge on any atom is 0.133 e. The number of fused-ring (bicyclic) bond motifs is 2. The molecule has 0 saturated carbocycles. The van der Waals surface area contributed by atoms with Gasteiger partial charge >= 0.3 is 0 Å². The summed E-state index contributed by atoms with van der Waals surface area (Å²) in [4.78, 5) is 12.3. The highest BCUT2D eigenvalue weighted by molar-refractivity contribution is 5.52. The van der Waals surface area contributed by atoms with Crippen LogP contribution in [0.15, 0.2) is 0 Å². The molecule has 3 fully saturated rings. The summed E-state index contributed by atoms with van der Waals surface area (Å²) in [6, 6.07) is 1.36. The van der Waals surface area contributed by atoms with Crippen molar-refractivity contribution in [3.05, 3.63) is 0 Å². The van der Waals surface area contributed by atoms with Gasteiger partial charge < -0.3 is 10.1 Å². The molecule has 56 valence electrons. The van der Waals surface area contributed by atoms with Gasteiger partial charge in [-0.05, 0) is 6.42 Å². The van der Waals surface area contributed by atoms with E-state index in [2.05, 4.69) is 10.2 Å². The van der Waals surface area contributed by atoms with Crippen molar-refractivity contribution >= 4 is 6.29 Å². The van der Waals surface area contributed by atoms with Gasteiger partial charge in [-0.25, -0.2) is 0 Å². The van der Waals surface area contributed by atoms with Crippen molar-refractivity contribution in [2.24, 2.45) is 0 Å². The summed E-state index contributed by atoms with van der Waals surface area (Å²) < 4.78 is 0. The van der Waals surface area contributed by atoms with Crippen LogP contribution in [-0.2, 0) is 4.79 Å². The molecule has 3 rings (SSSR count). The van der Waals surface area contributed by atoms with Gasteiger partial charge in [0.25, 0.3) is 0 Å². The van der Waals surface area contributed by atoms with E-state index in [1.807, 2.05) is 0 Å². The van der Waals surface area contributed by atoms with Crippen molar-refractivity contribution in [1.29, 1.82) is 0 Å². The predicted molar refractivity (Wildman–Crippen MR) is 37.8 cm³/mol. The molecule has 3 saturated heterocycles.